The van der Waals surface area contributed by atoms with E-state index >= 15 is 0 Å². The number of benzene rings is 1. The van der Waals surface area contributed by atoms with Gasteiger partial charge in [0.2, 0.25) is 0 Å². The lowest BCUT2D eigenvalue weighted by molar-refractivity contribution is 0.411. The van der Waals surface area contributed by atoms with E-state index in [1.165, 1.54) is 13.2 Å². The van der Waals surface area contributed by atoms with E-state index in [1.54, 1.807) is 6.07 Å². The van der Waals surface area contributed by atoms with Gasteiger partial charge < -0.3 is 9.84 Å². The molecular formula is C9H8ClNO2. The van der Waals surface area contributed by atoms with Crippen LogP contribution in [0.2, 0.25) is 5.02 Å². The fraction of sp³-hybridized carbons (Fsp3) is 0.222. The fourth-order valence-corrected chi connectivity index (χ4v) is 1.20. The summed E-state index contributed by atoms with van der Waals surface area (Å²) in [5.74, 6) is 0.483. The van der Waals surface area contributed by atoms with Gasteiger partial charge >= 0.3 is 0 Å². The quantitative estimate of drug-likeness (QED) is 0.790. The normalized spacial score (nSPS) is 9.31. The molecule has 0 heterocycles. The molecule has 0 aliphatic rings. The maximum absolute atomic E-state index is 9.41. The van der Waals surface area contributed by atoms with Crippen molar-refractivity contribution in [1.29, 1.82) is 5.26 Å². The second-order valence-electron chi connectivity index (χ2n) is 2.45. The molecule has 0 radical (unpaired) electrons. The molecule has 0 atom stereocenters. The third-order valence-corrected chi connectivity index (χ3v) is 1.91. The molecule has 0 bridgehead atoms. The van der Waals surface area contributed by atoms with Crippen LogP contribution in [0, 0.1) is 11.3 Å². The second kappa shape index (κ2) is 4.01. The molecule has 68 valence electrons. The number of nitrogens with zero attached hydrogens (tertiary/aromatic N) is 1. The first-order chi connectivity index (χ1) is 6.19. The molecule has 13 heavy (non-hydrogen) atoms. The molecule has 1 N–H and O–H groups in total. The number of phenolic OH excluding ortho intramolecular Hbond substituents is 1. The molecule has 0 spiro atoms. The zero-order valence-electron chi connectivity index (χ0n) is 7.04. The molecule has 0 aliphatic carbocycles. The van der Waals surface area contributed by atoms with E-state index in [1.807, 2.05) is 6.07 Å². The minimum Gasteiger partial charge on any atom is -0.506 e. The molecular weight excluding hydrogens is 190 g/mol. The highest BCUT2D eigenvalue weighted by Crippen LogP contribution is 2.32. The van der Waals surface area contributed by atoms with Gasteiger partial charge in [-0.05, 0) is 6.07 Å². The lowest BCUT2D eigenvalue weighted by Gasteiger charge is -2.05. The van der Waals surface area contributed by atoms with Crippen molar-refractivity contribution < 1.29 is 9.84 Å². The summed E-state index contributed by atoms with van der Waals surface area (Å²) in [5, 5.41) is 18.1. The van der Waals surface area contributed by atoms with Gasteiger partial charge in [-0.3, -0.25) is 0 Å². The lowest BCUT2D eigenvalue weighted by atomic mass is 10.1. The first-order valence-electron chi connectivity index (χ1n) is 3.61. The summed E-state index contributed by atoms with van der Waals surface area (Å²) >= 11 is 5.69. The zero-order valence-corrected chi connectivity index (χ0v) is 7.80. The van der Waals surface area contributed by atoms with Crippen LogP contribution in [0.1, 0.15) is 5.56 Å². The van der Waals surface area contributed by atoms with Crippen LogP contribution in [0.4, 0.5) is 0 Å². The summed E-state index contributed by atoms with van der Waals surface area (Å²) in [6.45, 7) is 0. The Bertz CT molecular complexity index is 357. The predicted molar refractivity (Wildman–Crippen MR) is 49.0 cm³/mol. The molecule has 0 aromatic heterocycles. The second-order valence-corrected chi connectivity index (χ2v) is 2.86. The highest BCUT2D eigenvalue weighted by atomic mass is 35.5. The number of phenols is 1. The Balaban J connectivity index is 3.18. The summed E-state index contributed by atoms with van der Waals surface area (Å²) in [4.78, 5) is 0. The highest BCUT2D eigenvalue weighted by Gasteiger charge is 2.07. The van der Waals surface area contributed by atoms with E-state index in [-0.39, 0.29) is 17.2 Å². The van der Waals surface area contributed by atoms with Crippen LogP contribution >= 0.6 is 11.6 Å². The van der Waals surface area contributed by atoms with Crippen molar-refractivity contribution in [2.45, 2.75) is 6.42 Å². The Morgan fingerprint density at radius 3 is 2.85 bits per heavy atom. The largest absolute Gasteiger partial charge is 0.506 e. The average molecular weight is 198 g/mol. The fourth-order valence-electron chi connectivity index (χ4n) is 0.966. The van der Waals surface area contributed by atoms with Gasteiger partial charge in [0.15, 0.2) is 0 Å². The van der Waals surface area contributed by atoms with Crippen molar-refractivity contribution in [3.05, 3.63) is 22.7 Å². The summed E-state index contributed by atoms with van der Waals surface area (Å²) in [6, 6.07) is 5.01. The van der Waals surface area contributed by atoms with Crippen LogP contribution in [-0.4, -0.2) is 12.2 Å². The Morgan fingerprint density at radius 2 is 2.31 bits per heavy atom. The van der Waals surface area contributed by atoms with Crippen LogP contribution in [-0.2, 0) is 6.42 Å². The highest BCUT2D eigenvalue weighted by molar-refractivity contribution is 6.32. The van der Waals surface area contributed by atoms with Gasteiger partial charge in [-0.15, -0.1) is 0 Å². The molecule has 0 saturated carbocycles. The maximum Gasteiger partial charge on any atom is 0.138 e. The SMILES string of the molecule is COc1cc(Cl)c(O)c(CC#N)c1. The topological polar surface area (TPSA) is 53.2 Å². The number of ether oxygens (including phenoxy) is 1. The van der Waals surface area contributed by atoms with Crippen LogP contribution in [0.15, 0.2) is 12.1 Å². The molecule has 1 aromatic rings. The number of aromatic hydroxyl groups is 1. The van der Waals surface area contributed by atoms with Gasteiger partial charge in [-0.25, -0.2) is 0 Å². The van der Waals surface area contributed by atoms with E-state index in [4.69, 9.17) is 21.6 Å². The van der Waals surface area contributed by atoms with Gasteiger partial charge in [-0.2, -0.15) is 5.26 Å². The van der Waals surface area contributed by atoms with Gasteiger partial charge in [0.05, 0.1) is 24.6 Å². The Morgan fingerprint density at radius 1 is 1.62 bits per heavy atom. The third-order valence-electron chi connectivity index (χ3n) is 1.62. The van der Waals surface area contributed by atoms with Crippen molar-refractivity contribution in [3.63, 3.8) is 0 Å². The smallest absolute Gasteiger partial charge is 0.138 e. The summed E-state index contributed by atoms with van der Waals surface area (Å²) in [6.07, 6.45) is 0.114. The van der Waals surface area contributed by atoms with Crippen molar-refractivity contribution in [2.24, 2.45) is 0 Å². The molecule has 4 heteroatoms. The van der Waals surface area contributed by atoms with Crippen LogP contribution in [0.5, 0.6) is 11.5 Å². The molecule has 0 saturated heterocycles. The molecule has 1 aromatic carbocycles. The number of nitriles is 1. The molecule has 0 unspecified atom stereocenters. The van der Waals surface area contributed by atoms with Gasteiger partial charge in [0.25, 0.3) is 0 Å². The molecule has 1 rings (SSSR count). The molecule has 0 amide bonds. The van der Waals surface area contributed by atoms with E-state index in [2.05, 4.69) is 0 Å². The summed E-state index contributed by atoms with van der Waals surface area (Å²) in [7, 11) is 1.50. The Labute approximate surface area is 81.1 Å². The lowest BCUT2D eigenvalue weighted by Crippen LogP contribution is -1.88. The van der Waals surface area contributed by atoms with Gasteiger partial charge in [-0.1, -0.05) is 11.6 Å². The number of rotatable bonds is 2. The number of halogens is 1. The van der Waals surface area contributed by atoms with Gasteiger partial charge in [0, 0.05) is 11.6 Å². The van der Waals surface area contributed by atoms with Crippen molar-refractivity contribution in [3.8, 4) is 17.6 Å². The maximum atomic E-state index is 9.41. The summed E-state index contributed by atoms with van der Waals surface area (Å²) < 4.78 is 4.93. The van der Waals surface area contributed by atoms with Crippen LogP contribution in [0.3, 0.4) is 0 Å². The first-order valence-corrected chi connectivity index (χ1v) is 3.99. The van der Waals surface area contributed by atoms with E-state index in [9.17, 15) is 5.11 Å². The first kappa shape index (κ1) is 9.69. The zero-order chi connectivity index (χ0) is 9.84. The van der Waals surface area contributed by atoms with Crippen molar-refractivity contribution in [1.82, 2.24) is 0 Å². The van der Waals surface area contributed by atoms with Crippen LogP contribution in [0.25, 0.3) is 0 Å². The Kier molecular flexibility index (Phi) is 2.99. The predicted octanol–water partition coefficient (Wildman–Crippen LogP) is 2.12. The number of hydrogen-bond acceptors (Lipinski definition) is 3. The van der Waals surface area contributed by atoms with Crippen molar-refractivity contribution >= 4 is 11.6 Å². The minimum atomic E-state index is -0.0518. The third kappa shape index (κ3) is 2.04. The summed E-state index contributed by atoms with van der Waals surface area (Å²) in [5.41, 5.74) is 0.479. The Hall–Kier alpha value is -1.40. The molecule has 3 nitrogen and oxygen atoms in total. The number of methoxy groups -OCH3 is 1. The average Bonchev–Trinajstić information content (AvgIpc) is 2.13. The minimum absolute atomic E-state index is 0.0518. The van der Waals surface area contributed by atoms with E-state index in [0.29, 0.717) is 11.3 Å². The van der Waals surface area contributed by atoms with E-state index < -0.39 is 0 Å². The number of hydrogen-bond donors (Lipinski definition) is 1. The molecule has 0 fully saturated rings. The van der Waals surface area contributed by atoms with E-state index in [0.717, 1.165) is 0 Å². The standard InChI is InChI=1S/C9H8ClNO2/c1-13-7-4-6(2-3-11)9(12)8(10)5-7/h4-5,12H,2H2,1H3. The van der Waals surface area contributed by atoms with Gasteiger partial charge in [0.1, 0.15) is 11.5 Å². The van der Waals surface area contributed by atoms with Crippen molar-refractivity contribution in [2.75, 3.05) is 7.11 Å². The monoisotopic (exact) mass is 197 g/mol. The van der Waals surface area contributed by atoms with Crippen LogP contribution < -0.4 is 4.74 Å². The molecule has 0 aliphatic heterocycles.